The van der Waals surface area contributed by atoms with Crippen LogP contribution in [0.2, 0.25) is 0 Å². The number of aromatic nitrogens is 1. The average molecular weight is 313 g/mol. The molecule has 4 rings (SSSR count). The second-order valence-electron chi connectivity index (χ2n) is 6.79. The van der Waals surface area contributed by atoms with Crippen molar-refractivity contribution in [1.82, 2.24) is 14.4 Å². The predicted molar refractivity (Wildman–Crippen MR) is 89.5 cm³/mol. The number of carbonyl (C=O) groups excluding carboxylic acids is 1. The second kappa shape index (κ2) is 5.65. The summed E-state index contributed by atoms with van der Waals surface area (Å²) in [5.41, 5.74) is 1.86. The minimum atomic E-state index is 0.114. The van der Waals surface area contributed by atoms with E-state index < -0.39 is 0 Å². The van der Waals surface area contributed by atoms with E-state index in [0.29, 0.717) is 12.5 Å². The van der Waals surface area contributed by atoms with Crippen LogP contribution in [-0.2, 0) is 11.8 Å². The van der Waals surface area contributed by atoms with Crippen molar-refractivity contribution in [2.24, 2.45) is 13.0 Å². The molecule has 5 heteroatoms. The number of hydrogen-bond donors (Lipinski definition) is 0. The fraction of sp³-hybridized carbons (Fsp3) is 0.500. The lowest BCUT2D eigenvalue weighted by Crippen LogP contribution is -2.33. The van der Waals surface area contributed by atoms with Gasteiger partial charge in [-0.15, -0.1) is 0 Å². The van der Waals surface area contributed by atoms with E-state index in [9.17, 15) is 4.79 Å². The van der Waals surface area contributed by atoms with Crippen molar-refractivity contribution in [2.45, 2.75) is 6.10 Å². The number of ether oxygens (including phenoxy) is 1. The summed E-state index contributed by atoms with van der Waals surface area (Å²) in [6.45, 7) is 4.23. The minimum Gasteiger partial charge on any atom is -0.375 e. The van der Waals surface area contributed by atoms with Gasteiger partial charge < -0.3 is 19.1 Å². The number of amides is 1. The van der Waals surface area contributed by atoms with Gasteiger partial charge in [0, 0.05) is 50.0 Å². The Labute approximate surface area is 136 Å². The molecule has 3 heterocycles. The Bertz CT molecular complexity index is 739. The molecule has 2 aromatic rings. The van der Waals surface area contributed by atoms with E-state index in [2.05, 4.69) is 24.1 Å². The van der Waals surface area contributed by atoms with Crippen LogP contribution in [0.3, 0.4) is 0 Å². The molecule has 5 nitrogen and oxygen atoms in total. The highest BCUT2D eigenvalue weighted by atomic mass is 16.5. The van der Waals surface area contributed by atoms with Gasteiger partial charge in [-0.2, -0.15) is 0 Å². The van der Waals surface area contributed by atoms with Crippen molar-refractivity contribution >= 4 is 16.8 Å². The van der Waals surface area contributed by atoms with Gasteiger partial charge in [-0.25, -0.2) is 0 Å². The Morgan fingerprint density at radius 3 is 2.83 bits per heavy atom. The number of benzene rings is 1. The van der Waals surface area contributed by atoms with E-state index >= 15 is 0 Å². The van der Waals surface area contributed by atoms with Crippen molar-refractivity contribution in [3.8, 4) is 0 Å². The summed E-state index contributed by atoms with van der Waals surface area (Å²) in [6, 6.07) is 10.1. The number of likely N-dealkylation sites (tertiary alicyclic amines) is 1. The summed E-state index contributed by atoms with van der Waals surface area (Å²) in [5.74, 6) is 0.532. The first-order chi connectivity index (χ1) is 11.1. The molecule has 0 aliphatic carbocycles. The maximum Gasteiger partial charge on any atom is 0.270 e. The Morgan fingerprint density at radius 1 is 1.17 bits per heavy atom. The monoisotopic (exact) mass is 313 g/mol. The highest BCUT2D eigenvalue weighted by Crippen LogP contribution is 2.26. The molecule has 0 radical (unpaired) electrons. The van der Waals surface area contributed by atoms with Gasteiger partial charge in [-0.1, -0.05) is 18.2 Å². The number of rotatable bonds is 1. The zero-order chi connectivity index (χ0) is 16.0. The Hall–Kier alpha value is -1.85. The van der Waals surface area contributed by atoms with Crippen LogP contribution >= 0.6 is 0 Å². The first-order valence-electron chi connectivity index (χ1n) is 8.27. The number of aryl methyl sites for hydroxylation is 1. The van der Waals surface area contributed by atoms with E-state index in [4.69, 9.17) is 4.74 Å². The van der Waals surface area contributed by atoms with Gasteiger partial charge in [0.25, 0.3) is 5.91 Å². The van der Waals surface area contributed by atoms with Crippen molar-refractivity contribution in [3.63, 3.8) is 0 Å². The van der Waals surface area contributed by atoms with Crippen LogP contribution in [0.5, 0.6) is 0 Å². The molecular formula is C18H23N3O2. The van der Waals surface area contributed by atoms with Gasteiger partial charge >= 0.3 is 0 Å². The van der Waals surface area contributed by atoms with Crippen LogP contribution in [0.15, 0.2) is 30.3 Å². The summed E-state index contributed by atoms with van der Waals surface area (Å²) in [7, 11) is 4.09. The molecule has 0 unspecified atom stereocenters. The van der Waals surface area contributed by atoms with Crippen LogP contribution in [-0.4, -0.2) is 66.2 Å². The third-order valence-electron chi connectivity index (χ3n) is 5.19. The zero-order valence-corrected chi connectivity index (χ0v) is 13.7. The van der Waals surface area contributed by atoms with Crippen LogP contribution in [0.25, 0.3) is 10.9 Å². The number of hydrogen-bond acceptors (Lipinski definition) is 3. The normalized spacial score (nSPS) is 25.6. The second-order valence-corrected chi connectivity index (χ2v) is 6.79. The molecule has 2 fully saturated rings. The van der Waals surface area contributed by atoms with E-state index in [1.165, 1.54) is 0 Å². The van der Waals surface area contributed by atoms with Crippen LogP contribution in [0, 0.1) is 5.92 Å². The molecule has 1 amide bonds. The molecule has 0 bridgehead atoms. The molecule has 23 heavy (non-hydrogen) atoms. The highest BCUT2D eigenvalue weighted by molar-refractivity contribution is 5.98. The average Bonchev–Trinajstić information content (AvgIpc) is 3.04. The molecule has 122 valence electrons. The van der Waals surface area contributed by atoms with E-state index in [1.807, 2.05) is 34.7 Å². The fourth-order valence-corrected chi connectivity index (χ4v) is 3.88. The third kappa shape index (κ3) is 2.54. The molecule has 2 aliphatic heterocycles. The number of nitrogens with zero attached hydrogens (tertiary/aromatic N) is 3. The number of likely N-dealkylation sites (N-methyl/N-ethyl adjacent to an activating group) is 1. The molecule has 2 saturated heterocycles. The quantitative estimate of drug-likeness (QED) is 0.802. The molecule has 1 aromatic heterocycles. The van der Waals surface area contributed by atoms with Gasteiger partial charge in [-0.3, -0.25) is 4.79 Å². The van der Waals surface area contributed by atoms with E-state index in [1.54, 1.807) is 0 Å². The lowest BCUT2D eigenvalue weighted by atomic mass is 10.1. The topological polar surface area (TPSA) is 37.7 Å². The minimum absolute atomic E-state index is 0.114. The Balaban J connectivity index is 1.58. The molecule has 2 aliphatic rings. The molecule has 0 spiro atoms. The van der Waals surface area contributed by atoms with Gasteiger partial charge in [0.05, 0.1) is 12.7 Å². The number of fused-ring (bicyclic) bond motifs is 2. The van der Waals surface area contributed by atoms with Gasteiger partial charge in [0.15, 0.2) is 0 Å². The third-order valence-corrected chi connectivity index (χ3v) is 5.19. The number of para-hydroxylation sites is 1. The smallest absolute Gasteiger partial charge is 0.270 e. The van der Waals surface area contributed by atoms with Gasteiger partial charge in [-0.05, 0) is 19.2 Å². The van der Waals surface area contributed by atoms with Gasteiger partial charge in [0.1, 0.15) is 5.69 Å². The standard InChI is InChI=1S/C18H23N3O2/c1-19-7-8-23-17-12-21(11-14(17)10-19)18(22)16-9-13-5-3-4-6-15(13)20(16)2/h3-6,9,14,17H,7-8,10-12H2,1-2H3/t14-,17+/m0/s1. The summed E-state index contributed by atoms with van der Waals surface area (Å²) in [4.78, 5) is 17.2. The van der Waals surface area contributed by atoms with Crippen molar-refractivity contribution in [2.75, 3.05) is 39.8 Å². The fourth-order valence-electron chi connectivity index (χ4n) is 3.88. The van der Waals surface area contributed by atoms with Crippen LogP contribution < -0.4 is 0 Å². The molecule has 0 saturated carbocycles. The Kier molecular flexibility index (Phi) is 3.62. The lowest BCUT2D eigenvalue weighted by Gasteiger charge is -2.19. The molecular weight excluding hydrogens is 290 g/mol. The van der Waals surface area contributed by atoms with Crippen LogP contribution in [0.1, 0.15) is 10.5 Å². The zero-order valence-electron chi connectivity index (χ0n) is 13.7. The highest BCUT2D eigenvalue weighted by Gasteiger charge is 2.38. The molecule has 2 atom stereocenters. The first-order valence-corrected chi connectivity index (χ1v) is 8.27. The maximum atomic E-state index is 13.0. The maximum absolute atomic E-state index is 13.0. The van der Waals surface area contributed by atoms with Crippen LogP contribution in [0.4, 0.5) is 0 Å². The van der Waals surface area contributed by atoms with Gasteiger partial charge in [0.2, 0.25) is 0 Å². The largest absolute Gasteiger partial charge is 0.375 e. The summed E-state index contributed by atoms with van der Waals surface area (Å²) in [6.07, 6.45) is 0.179. The first kappa shape index (κ1) is 14.7. The lowest BCUT2D eigenvalue weighted by molar-refractivity contribution is 0.0485. The van der Waals surface area contributed by atoms with Crippen molar-refractivity contribution < 1.29 is 9.53 Å². The summed E-state index contributed by atoms with van der Waals surface area (Å²) >= 11 is 0. The summed E-state index contributed by atoms with van der Waals surface area (Å²) in [5, 5.41) is 1.11. The SMILES string of the molecule is CN1CCO[C@@H]2CN(C(=O)c3cc4ccccc4n3C)C[C@@H]2C1. The molecule has 1 aromatic carbocycles. The van der Waals surface area contributed by atoms with E-state index in [0.717, 1.165) is 42.8 Å². The number of carbonyl (C=O) groups is 1. The van der Waals surface area contributed by atoms with Crippen molar-refractivity contribution in [3.05, 3.63) is 36.0 Å². The predicted octanol–water partition coefficient (Wildman–Crippen LogP) is 1.58. The molecule has 0 N–H and O–H groups in total. The van der Waals surface area contributed by atoms with Crippen molar-refractivity contribution in [1.29, 1.82) is 0 Å². The summed E-state index contributed by atoms with van der Waals surface area (Å²) < 4.78 is 7.96. The van der Waals surface area contributed by atoms with E-state index in [-0.39, 0.29) is 12.0 Å². The Morgan fingerprint density at radius 2 is 2.00 bits per heavy atom.